The molecule has 0 amide bonds. The molecule has 0 N–H and O–H groups in total. The van der Waals surface area contributed by atoms with Gasteiger partial charge in [0.15, 0.2) is 0 Å². The summed E-state index contributed by atoms with van der Waals surface area (Å²) < 4.78 is 30.5. The summed E-state index contributed by atoms with van der Waals surface area (Å²) in [5, 5.41) is 0. The van der Waals surface area contributed by atoms with Gasteiger partial charge in [-0.3, -0.25) is 9.36 Å². The average Bonchev–Trinajstić information content (AvgIpc) is 2.75. The zero-order chi connectivity index (χ0) is 17.3. The molecule has 5 nitrogen and oxygen atoms in total. The van der Waals surface area contributed by atoms with E-state index in [-0.39, 0.29) is 24.6 Å². The number of benzene rings is 1. The van der Waals surface area contributed by atoms with Gasteiger partial charge in [0, 0.05) is 0 Å². The van der Waals surface area contributed by atoms with E-state index in [1.807, 2.05) is 30.3 Å². The number of esters is 1. The lowest BCUT2D eigenvalue weighted by molar-refractivity contribution is -0.147. The van der Waals surface area contributed by atoms with E-state index in [2.05, 4.69) is 0 Å². The lowest BCUT2D eigenvalue weighted by Crippen LogP contribution is -2.35. The minimum absolute atomic E-state index is 0.0160. The second kappa shape index (κ2) is 6.76. The van der Waals surface area contributed by atoms with E-state index in [9.17, 15) is 9.36 Å². The first-order valence-corrected chi connectivity index (χ1v) is 9.52. The third-order valence-corrected chi connectivity index (χ3v) is 6.64. The number of carbonyl (C=O) groups is 1. The average molecular weight is 340 g/mol. The Labute approximate surface area is 137 Å². The fourth-order valence-corrected chi connectivity index (χ4v) is 5.59. The van der Waals surface area contributed by atoms with Gasteiger partial charge in [-0.15, -0.1) is 0 Å². The quantitative estimate of drug-likeness (QED) is 0.572. The molecule has 0 spiro atoms. The Bertz CT molecular complexity index is 584. The maximum absolute atomic E-state index is 13.5. The van der Waals surface area contributed by atoms with Crippen molar-refractivity contribution in [1.82, 2.24) is 0 Å². The molecule has 1 aromatic rings. The van der Waals surface area contributed by atoms with Crippen molar-refractivity contribution < 1.29 is 23.1 Å². The highest BCUT2D eigenvalue weighted by Crippen LogP contribution is 2.64. The Hall–Kier alpha value is -1.16. The highest BCUT2D eigenvalue weighted by atomic mass is 31.2. The smallest absolute Gasteiger partial charge is 0.339 e. The monoisotopic (exact) mass is 340 g/mol. The van der Waals surface area contributed by atoms with E-state index in [1.165, 1.54) is 0 Å². The SMILES string of the molecule is CC(C)OP(=O)(OC(C)C)[C@@H]1CC(=O)O[C@@]1(C)c1ccccc1. The Kier molecular flexibility index (Phi) is 5.34. The lowest BCUT2D eigenvalue weighted by atomic mass is 9.92. The van der Waals surface area contributed by atoms with E-state index in [0.29, 0.717) is 0 Å². The number of carbonyl (C=O) groups excluding carboxylic acids is 1. The van der Waals surface area contributed by atoms with Crippen LogP contribution in [0.1, 0.15) is 46.6 Å². The zero-order valence-corrected chi connectivity index (χ0v) is 15.2. The fraction of sp³-hybridized carbons (Fsp3) is 0.588. The molecule has 0 bridgehead atoms. The maximum Gasteiger partial charge on any atom is 0.339 e. The van der Waals surface area contributed by atoms with Gasteiger partial charge in [-0.1, -0.05) is 30.3 Å². The van der Waals surface area contributed by atoms with Gasteiger partial charge in [-0.05, 0) is 40.2 Å². The normalized spacial score (nSPS) is 25.2. The van der Waals surface area contributed by atoms with Crippen LogP contribution in [0.2, 0.25) is 0 Å². The molecule has 0 aromatic heterocycles. The Morgan fingerprint density at radius 2 is 1.65 bits per heavy atom. The molecule has 1 heterocycles. The van der Waals surface area contributed by atoms with Gasteiger partial charge in [-0.25, -0.2) is 0 Å². The van der Waals surface area contributed by atoms with Crippen LogP contribution < -0.4 is 0 Å². The predicted octanol–water partition coefficient (Wildman–Crippen LogP) is 4.26. The molecule has 0 saturated carbocycles. The molecule has 1 aromatic carbocycles. The van der Waals surface area contributed by atoms with Crippen molar-refractivity contribution in [3.63, 3.8) is 0 Å². The third-order valence-electron chi connectivity index (χ3n) is 3.77. The molecule has 0 aliphatic carbocycles. The summed E-state index contributed by atoms with van der Waals surface area (Å²) in [5.74, 6) is -0.388. The number of rotatable bonds is 6. The maximum atomic E-state index is 13.5. The van der Waals surface area contributed by atoms with E-state index < -0.39 is 18.9 Å². The van der Waals surface area contributed by atoms with E-state index in [0.717, 1.165) is 5.56 Å². The van der Waals surface area contributed by atoms with Gasteiger partial charge in [0.1, 0.15) is 11.3 Å². The summed E-state index contributed by atoms with van der Waals surface area (Å²) in [6.45, 7) is 8.97. The topological polar surface area (TPSA) is 61.8 Å². The molecule has 6 heteroatoms. The lowest BCUT2D eigenvalue weighted by Gasteiger charge is -2.35. The van der Waals surface area contributed by atoms with Gasteiger partial charge < -0.3 is 13.8 Å². The number of ether oxygens (including phenoxy) is 1. The summed E-state index contributed by atoms with van der Waals surface area (Å²) in [6, 6.07) is 9.33. The summed E-state index contributed by atoms with van der Waals surface area (Å²) in [7, 11) is -3.55. The second-order valence-corrected chi connectivity index (χ2v) is 8.64. The van der Waals surface area contributed by atoms with E-state index in [1.54, 1.807) is 34.6 Å². The number of hydrogen-bond acceptors (Lipinski definition) is 5. The van der Waals surface area contributed by atoms with Crippen molar-refractivity contribution in [2.45, 2.75) is 64.5 Å². The van der Waals surface area contributed by atoms with Crippen LogP contribution in [0, 0.1) is 0 Å². The first-order chi connectivity index (χ1) is 10.7. The van der Waals surface area contributed by atoms with Crippen molar-refractivity contribution in [3.05, 3.63) is 35.9 Å². The van der Waals surface area contributed by atoms with Crippen molar-refractivity contribution in [2.24, 2.45) is 0 Å². The second-order valence-electron chi connectivity index (χ2n) is 6.52. The Morgan fingerprint density at radius 3 is 2.13 bits per heavy atom. The van der Waals surface area contributed by atoms with Crippen molar-refractivity contribution in [3.8, 4) is 0 Å². The third kappa shape index (κ3) is 3.85. The van der Waals surface area contributed by atoms with Crippen LogP contribution in [0.15, 0.2) is 30.3 Å². The molecular formula is C17H25O5P. The van der Waals surface area contributed by atoms with Gasteiger partial charge in [0.05, 0.1) is 18.6 Å². The van der Waals surface area contributed by atoms with Crippen LogP contribution in [0.3, 0.4) is 0 Å². The Balaban J connectivity index is 2.47. The van der Waals surface area contributed by atoms with Crippen LogP contribution in [0.5, 0.6) is 0 Å². The first-order valence-electron chi connectivity index (χ1n) is 7.91. The van der Waals surface area contributed by atoms with Crippen LogP contribution in [0.25, 0.3) is 0 Å². The largest absolute Gasteiger partial charge is 0.453 e. The standard InChI is InChI=1S/C17H25O5P/c1-12(2)21-23(19,22-13(3)4)15-11-16(18)20-17(15,5)14-9-7-6-8-10-14/h6-10,12-13,15H,11H2,1-5H3/t15-,17+/m1/s1. The number of hydrogen-bond donors (Lipinski definition) is 0. The fourth-order valence-electron chi connectivity index (χ4n) is 2.89. The molecule has 1 saturated heterocycles. The number of cyclic esters (lactones) is 1. The van der Waals surface area contributed by atoms with E-state index >= 15 is 0 Å². The summed E-state index contributed by atoms with van der Waals surface area (Å²) >= 11 is 0. The van der Waals surface area contributed by atoms with Crippen LogP contribution in [0.4, 0.5) is 0 Å². The molecular weight excluding hydrogens is 315 g/mol. The highest BCUT2D eigenvalue weighted by Gasteiger charge is 2.57. The van der Waals surface area contributed by atoms with Crippen LogP contribution in [-0.2, 0) is 28.7 Å². The minimum Gasteiger partial charge on any atom is -0.453 e. The van der Waals surface area contributed by atoms with Gasteiger partial charge >= 0.3 is 13.6 Å². The summed E-state index contributed by atoms with van der Waals surface area (Å²) in [6.07, 6.45) is -0.548. The van der Waals surface area contributed by atoms with Gasteiger partial charge in [-0.2, -0.15) is 0 Å². The van der Waals surface area contributed by atoms with Crippen molar-refractivity contribution in [1.29, 1.82) is 0 Å². The molecule has 2 atom stereocenters. The van der Waals surface area contributed by atoms with Gasteiger partial charge in [0.25, 0.3) is 0 Å². The molecule has 1 aliphatic heterocycles. The molecule has 0 radical (unpaired) electrons. The predicted molar refractivity (Wildman–Crippen MR) is 88.3 cm³/mol. The van der Waals surface area contributed by atoms with Crippen LogP contribution in [-0.4, -0.2) is 23.8 Å². The molecule has 0 unspecified atom stereocenters. The zero-order valence-electron chi connectivity index (χ0n) is 14.3. The summed E-state index contributed by atoms with van der Waals surface area (Å²) in [4.78, 5) is 12.0. The molecule has 23 heavy (non-hydrogen) atoms. The van der Waals surface area contributed by atoms with Crippen LogP contribution >= 0.6 is 7.60 Å². The summed E-state index contributed by atoms with van der Waals surface area (Å²) in [5.41, 5.74) is -0.914. The van der Waals surface area contributed by atoms with Crippen molar-refractivity contribution >= 4 is 13.6 Å². The Morgan fingerprint density at radius 1 is 1.13 bits per heavy atom. The van der Waals surface area contributed by atoms with Crippen molar-refractivity contribution in [2.75, 3.05) is 0 Å². The van der Waals surface area contributed by atoms with Gasteiger partial charge in [0.2, 0.25) is 0 Å². The molecule has 1 aliphatic rings. The molecule has 2 rings (SSSR count). The molecule has 128 valence electrons. The molecule has 1 fully saturated rings. The highest BCUT2D eigenvalue weighted by molar-refractivity contribution is 7.54. The minimum atomic E-state index is -3.55. The van der Waals surface area contributed by atoms with E-state index in [4.69, 9.17) is 13.8 Å². The first kappa shape index (κ1) is 18.2.